The molecule has 2 rings (SSSR count). The van der Waals surface area contributed by atoms with Gasteiger partial charge < -0.3 is 30.6 Å². The maximum absolute atomic E-state index is 10.8. The average Bonchev–Trinajstić information content (AvgIpc) is 3.33. The number of nitrogens with zero attached hydrogens (tertiary/aromatic N) is 2. The van der Waals surface area contributed by atoms with Crippen molar-refractivity contribution in [1.29, 1.82) is 0 Å². The first-order valence-corrected chi connectivity index (χ1v) is 5.90. The van der Waals surface area contributed by atoms with E-state index in [1.807, 2.05) is 0 Å². The molecule has 0 aromatic heterocycles. The van der Waals surface area contributed by atoms with E-state index in [-0.39, 0.29) is 59.4 Å². The van der Waals surface area contributed by atoms with Crippen LogP contribution in [0.5, 0.6) is 0 Å². The average molecular weight is 305 g/mol. The number of hydrogen-bond donors (Lipinski definition) is 2. The Hall–Kier alpha value is -1.16. The van der Waals surface area contributed by atoms with Gasteiger partial charge in [0.05, 0.1) is 6.61 Å². The summed E-state index contributed by atoms with van der Waals surface area (Å²) in [6, 6.07) is -0.299. The fourth-order valence-corrected chi connectivity index (χ4v) is 1.42. The van der Waals surface area contributed by atoms with Crippen LogP contribution in [0, 0.1) is 25.0 Å². The zero-order valence-electron chi connectivity index (χ0n) is 11.9. The number of aliphatic carboxylic acids is 1. The van der Waals surface area contributed by atoms with E-state index < -0.39 is 5.97 Å². The molecule has 0 radical (unpaired) electrons. The summed E-state index contributed by atoms with van der Waals surface area (Å²) >= 11 is 0. The predicted molar refractivity (Wildman–Crippen MR) is 67.4 cm³/mol. The molecular weight excluding hydrogens is 289 g/mol. The summed E-state index contributed by atoms with van der Waals surface area (Å²) in [6.07, 6.45) is 1.25. The number of nitrogens with one attached hydrogen (secondary N) is 1. The van der Waals surface area contributed by atoms with Crippen LogP contribution in [0.15, 0.2) is 0 Å². The van der Waals surface area contributed by atoms with Gasteiger partial charge in [-0.3, -0.25) is 9.59 Å². The smallest absolute Gasteiger partial charge is 0.553 e. The van der Waals surface area contributed by atoms with Crippen LogP contribution in [0.3, 0.4) is 0 Å². The van der Waals surface area contributed by atoms with Gasteiger partial charge in [0, 0.05) is 12.8 Å². The molecule has 2 fully saturated rings. The Kier molecular flexibility index (Phi) is 12.1. The normalized spacial score (nSPS) is 26.7. The van der Waals surface area contributed by atoms with Gasteiger partial charge >= 0.3 is 41.5 Å². The first-order chi connectivity index (χ1) is 9.54. The third-order valence-electron chi connectivity index (χ3n) is 2.75. The standard InChI is InChI=1S/C7H9NO2.C5H5NO2.H2NO.Na/c1-3-10-7(9)5-4-6(5)8-2;1-6-4-2-3(4)5(7)8;1-2;/h5-6H,3-4H2,1H3;3-4H,2H2,(H,7,8);1-2H;/q;;-1;+1. The molecule has 2 aliphatic carbocycles. The Morgan fingerprint density at radius 2 is 1.62 bits per heavy atom. The van der Waals surface area contributed by atoms with Gasteiger partial charge in [0.1, 0.15) is 11.8 Å². The first kappa shape index (κ1) is 22.1. The zero-order chi connectivity index (χ0) is 15.7. The van der Waals surface area contributed by atoms with Crippen molar-refractivity contribution in [1.82, 2.24) is 0 Å². The van der Waals surface area contributed by atoms with E-state index in [4.69, 9.17) is 34.1 Å². The molecular formula is C12H16N3NaO5. The van der Waals surface area contributed by atoms with Crippen LogP contribution in [-0.2, 0) is 14.3 Å². The summed E-state index contributed by atoms with van der Waals surface area (Å²) in [6.45, 7) is 15.2. The Morgan fingerprint density at radius 3 is 1.86 bits per heavy atom. The minimum absolute atomic E-state index is 0. The number of rotatable bonds is 3. The SMILES string of the molecule is [C-]#[N+]C1CC1C(=O)O.[C-]#[N+]C1CC1C(=O)OCC.[NH-]O.[Na+]. The van der Waals surface area contributed by atoms with Crippen LogP contribution in [-0.4, -0.2) is 40.9 Å². The fraction of sp³-hybridized carbons (Fsp3) is 0.667. The van der Waals surface area contributed by atoms with E-state index >= 15 is 0 Å². The molecule has 2 saturated carbocycles. The molecule has 8 nitrogen and oxygen atoms in total. The second-order valence-corrected chi connectivity index (χ2v) is 4.17. The minimum atomic E-state index is -0.828. The van der Waals surface area contributed by atoms with Crippen molar-refractivity contribution in [3.8, 4) is 0 Å². The van der Waals surface area contributed by atoms with Crippen LogP contribution < -0.4 is 29.6 Å². The largest absolute Gasteiger partial charge is 1.00 e. The number of carbonyl (C=O) groups is 2. The Bertz CT molecular complexity index is 432. The minimum Gasteiger partial charge on any atom is -0.553 e. The number of ether oxygens (including phenoxy) is 1. The molecule has 0 saturated heterocycles. The Balaban J connectivity index is 0. The Labute approximate surface area is 145 Å². The molecule has 110 valence electrons. The topological polar surface area (TPSA) is 116 Å². The summed E-state index contributed by atoms with van der Waals surface area (Å²) in [5, 5.41) is 14.5. The van der Waals surface area contributed by atoms with Gasteiger partial charge in [-0.05, 0) is 6.92 Å². The van der Waals surface area contributed by atoms with Crippen LogP contribution in [0.1, 0.15) is 19.8 Å². The third kappa shape index (κ3) is 8.00. The molecule has 3 N–H and O–H groups in total. The molecule has 0 aromatic rings. The molecule has 0 bridgehead atoms. The maximum Gasteiger partial charge on any atom is 1.00 e. The summed E-state index contributed by atoms with van der Waals surface area (Å²) in [5.74, 6) is 3.25. The number of carboxylic acids is 1. The van der Waals surface area contributed by atoms with E-state index in [2.05, 4.69) is 9.69 Å². The molecule has 4 atom stereocenters. The quantitative estimate of drug-likeness (QED) is 0.290. The van der Waals surface area contributed by atoms with E-state index in [0.29, 0.717) is 19.4 Å². The van der Waals surface area contributed by atoms with Gasteiger partial charge in [-0.25, -0.2) is 13.1 Å². The summed E-state index contributed by atoms with van der Waals surface area (Å²) in [7, 11) is 0. The second kappa shape index (κ2) is 11.5. The van der Waals surface area contributed by atoms with Crippen LogP contribution >= 0.6 is 0 Å². The third-order valence-corrected chi connectivity index (χ3v) is 2.75. The zero-order valence-corrected chi connectivity index (χ0v) is 13.9. The van der Waals surface area contributed by atoms with Crippen molar-refractivity contribution < 1.29 is 54.2 Å². The van der Waals surface area contributed by atoms with Crippen molar-refractivity contribution in [3.05, 3.63) is 28.7 Å². The molecule has 0 amide bonds. The second-order valence-electron chi connectivity index (χ2n) is 4.17. The van der Waals surface area contributed by atoms with Gasteiger partial charge in [-0.1, -0.05) is 0 Å². The monoisotopic (exact) mass is 305 g/mol. The summed E-state index contributed by atoms with van der Waals surface area (Å²) in [4.78, 5) is 27.1. The molecule has 21 heavy (non-hydrogen) atoms. The molecule has 4 unspecified atom stereocenters. The van der Waals surface area contributed by atoms with Crippen LogP contribution in [0.2, 0.25) is 0 Å². The van der Waals surface area contributed by atoms with Gasteiger partial charge in [-0.2, -0.15) is 0 Å². The van der Waals surface area contributed by atoms with Gasteiger partial charge in [0.25, 0.3) is 0 Å². The first-order valence-electron chi connectivity index (χ1n) is 5.90. The van der Waals surface area contributed by atoms with Crippen LogP contribution in [0.4, 0.5) is 0 Å². The molecule has 0 aromatic carbocycles. The van der Waals surface area contributed by atoms with Crippen molar-refractivity contribution >= 4 is 11.9 Å². The van der Waals surface area contributed by atoms with Crippen molar-refractivity contribution in [2.24, 2.45) is 11.8 Å². The number of esters is 1. The Morgan fingerprint density at radius 1 is 1.19 bits per heavy atom. The molecule has 0 heterocycles. The fourth-order valence-electron chi connectivity index (χ4n) is 1.42. The molecule has 0 spiro atoms. The maximum atomic E-state index is 10.8. The van der Waals surface area contributed by atoms with E-state index in [0.717, 1.165) is 0 Å². The van der Waals surface area contributed by atoms with Gasteiger partial charge in [0.15, 0.2) is 0 Å². The number of hydrogen-bond acceptors (Lipinski definition) is 4. The van der Waals surface area contributed by atoms with Gasteiger partial charge in [0.2, 0.25) is 12.1 Å². The molecule has 2 aliphatic rings. The van der Waals surface area contributed by atoms with Crippen molar-refractivity contribution in [2.45, 2.75) is 31.8 Å². The van der Waals surface area contributed by atoms with Crippen molar-refractivity contribution in [3.63, 3.8) is 0 Å². The van der Waals surface area contributed by atoms with Gasteiger partial charge in [-0.15, -0.1) is 0 Å². The van der Waals surface area contributed by atoms with E-state index in [1.165, 1.54) is 0 Å². The predicted octanol–water partition coefficient (Wildman–Crippen LogP) is -1.33. The number of carbonyl (C=O) groups excluding carboxylic acids is 1. The van der Waals surface area contributed by atoms with E-state index in [9.17, 15) is 9.59 Å². The van der Waals surface area contributed by atoms with E-state index in [1.54, 1.807) is 6.92 Å². The molecule has 0 aliphatic heterocycles. The summed E-state index contributed by atoms with van der Waals surface area (Å²) in [5.41, 5.74) is 0. The number of carboxylic acid groups (broad SMARTS) is 1. The van der Waals surface area contributed by atoms with Crippen LogP contribution in [0.25, 0.3) is 15.6 Å². The van der Waals surface area contributed by atoms with Crippen molar-refractivity contribution in [2.75, 3.05) is 6.61 Å². The summed E-state index contributed by atoms with van der Waals surface area (Å²) < 4.78 is 4.72. The molecule has 9 heteroatoms.